The maximum Gasteiger partial charge on any atom is 0.416 e. The van der Waals surface area contributed by atoms with Crippen LogP contribution in [0.4, 0.5) is 31.1 Å². The molecule has 3 atom stereocenters. The van der Waals surface area contributed by atoms with Crippen molar-refractivity contribution in [3.8, 4) is 0 Å². The molecule has 202 valence electrons. The standard InChI is InChI=1S/C24H22F6N6O2/c1-2-13-7-16(9-17(13)21-35-34-19-11-32-20-18(36(19)21)3-4-31-20)38-22(37)33-10-12-5-14(23(25,26)27)8-15(6-12)24(28,29)30/h3-6,8,11,13,16-17,31H,2,7,9-10H2,1H3,(H,33,37)/t13-,16+,17?/m1/s1. The molecule has 1 saturated carbocycles. The molecule has 14 heteroatoms. The van der Waals surface area contributed by atoms with E-state index in [2.05, 4.69) is 25.5 Å². The Kier molecular flexibility index (Phi) is 6.43. The molecular weight excluding hydrogens is 518 g/mol. The van der Waals surface area contributed by atoms with E-state index in [0.29, 0.717) is 42.1 Å². The maximum absolute atomic E-state index is 13.1. The summed E-state index contributed by atoms with van der Waals surface area (Å²) in [5, 5.41) is 10.9. The number of hydrogen-bond donors (Lipinski definition) is 2. The predicted octanol–water partition coefficient (Wildman–Crippen LogP) is 5.84. The summed E-state index contributed by atoms with van der Waals surface area (Å²) in [5.74, 6) is 0.722. The van der Waals surface area contributed by atoms with Gasteiger partial charge in [-0.05, 0) is 48.6 Å². The average Bonchev–Trinajstić information content (AvgIpc) is 3.58. The van der Waals surface area contributed by atoms with Crippen molar-refractivity contribution in [2.75, 3.05) is 0 Å². The van der Waals surface area contributed by atoms with Gasteiger partial charge in [-0.3, -0.25) is 4.40 Å². The average molecular weight is 540 g/mol. The fourth-order valence-corrected chi connectivity index (χ4v) is 5.06. The van der Waals surface area contributed by atoms with E-state index in [4.69, 9.17) is 4.74 Å². The Balaban J connectivity index is 1.29. The van der Waals surface area contributed by atoms with Gasteiger partial charge in [-0.2, -0.15) is 26.3 Å². The SMILES string of the molecule is CC[C@@H]1C[C@H](OC(=O)NCc2cc(C(F)(F)F)cc(C(F)(F)F)c2)CC1c1nnc2cnc3[nH]ccc3n12. The number of fused-ring (bicyclic) bond motifs is 3. The van der Waals surface area contributed by atoms with Crippen LogP contribution in [-0.2, 0) is 23.6 Å². The van der Waals surface area contributed by atoms with Gasteiger partial charge in [-0.25, -0.2) is 9.78 Å². The second kappa shape index (κ2) is 9.48. The minimum Gasteiger partial charge on any atom is -0.446 e. The van der Waals surface area contributed by atoms with E-state index in [1.54, 1.807) is 12.4 Å². The number of aromatic amines is 1. The van der Waals surface area contributed by atoms with Gasteiger partial charge in [-0.1, -0.05) is 13.3 Å². The lowest BCUT2D eigenvalue weighted by Crippen LogP contribution is -2.28. The lowest BCUT2D eigenvalue weighted by Gasteiger charge is -2.16. The number of alkyl halides is 6. The molecule has 8 nitrogen and oxygen atoms in total. The molecule has 0 aliphatic heterocycles. The second-order valence-electron chi connectivity index (χ2n) is 9.26. The number of halogens is 6. The van der Waals surface area contributed by atoms with Crippen LogP contribution in [0.3, 0.4) is 0 Å². The zero-order chi connectivity index (χ0) is 27.2. The third-order valence-electron chi connectivity index (χ3n) is 6.83. The highest BCUT2D eigenvalue weighted by atomic mass is 19.4. The van der Waals surface area contributed by atoms with Gasteiger partial charge in [-0.15, -0.1) is 10.2 Å². The normalized spacial score (nSPS) is 20.3. The lowest BCUT2D eigenvalue weighted by atomic mass is 9.93. The summed E-state index contributed by atoms with van der Waals surface area (Å²) in [6.07, 6.45) is -6.32. The van der Waals surface area contributed by atoms with Crippen molar-refractivity contribution >= 4 is 22.9 Å². The van der Waals surface area contributed by atoms with Crippen LogP contribution in [0.2, 0.25) is 0 Å². The molecule has 0 radical (unpaired) electrons. The topological polar surface area (TPSA) is 97.2 Å². The predicted molar refractivity (Wildman–Crippen MR) is 122 cm³/mol. The third-order valence-corrected chi connectivity index (χ3v) is 6.83. The number of ether oxygens (including phenoxy) is 1. The summed E-state index contributed by atoms with van der Waals surface area (Å²) in [5.41, 5.74) is -1.20. The molecule has 5 rings (SSSR count). The number of alkyl carbamates (subject to hydrolysis) is 1. The van der Waals surface area contributed by atoms with Gasteiger partial charge in [0.05, 0.1) is 22.8 Å². The van der Waals surface area contributed by atoms with Crippen molar-refractivity contribution in [1.29, 1.82) is 0 Å². The number of hydrogen-bond acceptors (Lipinski definition) is 5. The number of carbonyl (C=O) groups is 1. The first-order valence-electron chi connectivity index (χ1n) is 11.8. The molecule has 0 saturated heterocycles. The summed E-state index contributed by atoms with van der Waals surface area (Å²) in [4.78, 5) is 19.8. The highest BCUT2D eigenvalue weighted by Gasteiger charge is 2.40. The summed E-state index contributed by atoms with van der Waals surface area (Å²) in [7, 11) is 0. The van der Waals surface area contributed by atoms with E-state index < -0.39 is 42.2 Å². The fourth-order valence-electron chi connectivity index (χ4n) is 5.06. The molecule has 4 aromatic rings. The number of rotatable bonds is 5. The van der Waals surface area contributed by atoms with Crippen molar-refractivity contribution in [3.05, 3.63) is 59.2 Å². The molecule has 1 aliphatic rings. The molecule has 0 bridgehead atoms. The number of amides is 1. The van der Waals surface area contributed by atoms with Gasteiger partial charge in [0.1, 0.15) is 11.9 Å². The first-order valence-corrected chi connectivity index (χ1v) is 11.8. The lowest BCUT2D eigenvalue weighted by molar-refractivity contribution is -0.143. The molecule has 1 amide bonds. The van der Waals surface area contributed by atoms with Gasteiger partial charge >= 0.3 is 18.4 Å². The van der Waals surface area contributed by atoms with Crippen molar-refractivity contribution in [2.45, 2.75) is 57.1 Å². The summed E-state index contributed by atoms with van der Waals surface area (Å²) in [6, 6.07) is 3.04. The van der Waals surface area contributed by atoms with Crippen LogP contribution in [0.15, 0.2) is 36.7 Å². The Morgan fingerprint density at radius 3 is 2.47 bits per heavy atom. The minimum absolute atomic E-state index is 0.0386. The van der Waals surface area contributed by atoms with Crippen LogP contribution < -0.4 is 5.32 Å². The van der Waals surface area contributed by atoms with Crippen molar-refractivity contribution < 1.29 is 35.9 Å². The van der Waals surface area contributed by atoms with E-state index >= 15 is 0 Å². The number of carbonyl (C=O) groups excluding carboxylic acids is 1. The fraction of sp³-hybridized carbons (Fsp3) is 0.417. The van der Waals surface area contributed by atoms with E-state index in [9.17, 15) is 31.1 Å². The Labute approximate surface area is 211 Å². The highest BCUT2D eigenvalue weighted by Crippen LogP contribution is 2.43. The first-order chi connectivity index (χ1) is 17.9. The van der Waals surface area contributed by atoms with E-state index in [1.165, 1.54) is 0 Å². The Morgan fingerprint density at radius 2 is 1.82 bits per heavy atom. The van der Waals surface area contributed by atoms with Gasteiger partial charge < -0.3 is 15.0 Å². The van der Waals surface area contributed by atoms with Crippen LogP contribution >= 0.6 is 0 Å². The van der Waals surface area contributed by atoms with Gasteiger partial charge in [0.15, 0.2) is 11.3 Å². The molecule has 1 aliphatic carbocycles. The Bertz CT molecular complexity index is 1440. The number of H-pyrrole nitrogens is 1. The summed E-state index contributed by atoms with van der Waals surface area (Å²) >= 11 is 0. The van der Waals surface area contributed by atoms with Crippen LogP contribution in [0.1, 0.15) is 54.6 Å². The van der Waals surface area contributed by atoms with E-state index in [1.807, 2.05) is 17.4 Å². The van der Waals surface area contributed by atoms with Crippen molar-refractivity contribution in [2.24, 2.45) is 5.92 Å². The molecule has 2 N–H and O–H groups in total. The smallest absolute Gasteiger partial charge is 0.416 e. The van der Waals surface area contributed by atoms with Gasteiger partial charge in [0.2, 0.25) is 0 Å². The minimum atomic E-state index is -4.97. The van der Waals surface area contributed by atoms with Crippen LogP contribution in [-0.4, -0.2) is 36.8 Å². The van der Waals surface area contributed by atoms with Crippen LogP contribution in [0.5, 0.6) is 0 Å². The number of aromatic nitrogens is 5. The zero-order valence-electron chi connectivity index (χ0n) is 19.9. The Hall–Kier alpha value is -3.84. The molecular formula is C24H22F6N6O2. The monoisotopic (exact) mass is 540 g/mol. The van der Waals surface area contributed by atoms with Crippen molar-refractivity contribution in [3.63, 3.8) is 0 Å². The molecule has 38 heavy (non-hydrogen) atoms. The molecule has 1 aromatic carbocycles. The number of benzene rings is 1. The van der Waals surface area contributed by atoms with Gasteiger partial charge in [0, 0.05) is 18.7 Å². The third kappa shape index (κ3) is 4.98. The summed E-state index contributed by atoms with van der Waals surface area (Å²) < 4.78 is 86.0. The number of nitrogens with one attached hydrogen (secondary N) is 2. The molecule has 1 unspecified atom stereocenters. The molecule has 3 heterocycles. The molecule has 1 fully saturated rings. The maximum atomic E-state index is 13.1. The van der Waals surface area contributed by atoms with Crippen molar-refractivity contribution in [1.82, 2.24) is 29.9 Å². The largest absolute Gasteiger partial charge is 0.446 e. The van der Waals surface area contributed by atoms with E-state index in [-0.39, 0.29) is 23.5 Å². The Morgan fingerprint density at radius 1 is 1.11 bits per heavy atom. The molecule has 3 aromatic heterocycles. The van der Waals surface area contributed by atoms with Crippen LogP contribution in [0, 0.1) is 5.92 Å². The first kappa shape index (κ1) is 25.8. The van der Waals surface area contributed by atoms with Crippen LogP contribution in [0.25, 0.3) is 16.8 Å². The quantitative estimate of drug-likeness (QED) is 0.310. The zero-order valence-corrected chi connectivity index (χ0v) is 19.9. The summed E-state index contributed by atoms with van der Waals surface area (Å²) in [6.45, 7) is 1.44. The second-order valence-corrected chi connectivity index (χ2v) is 9.26. The number of nitrogens with zero attached hydrogens (tertiary/aromatic N) is 4. The molecule has 0 spiro atoms. The van der Waals surface area contributed by atoms with Gasteiger partial charge in [0.25, 0.3) is 0 Å². The van der Waals surface area contributed by atoms with E-state index in [0.717, 1.165) is 11.9 Å². The highest BCUT2D eigenvalue weighted by molar-refractivity contribution is 5.74.